The van der Waals surface area contributed by atoms with Crippen LogP contribution in [0.2, 0.25) is 0 Å². The van der Waals surface area contributed by atoms with Gasteiger partial charge >= 0.3 is 0 Å². The van der Waals surface area contributed by atoms with E-state index >= 15 is 0 Å². The third kappa shape index (κ3) is 6.36. The van der Waals surface area contributed by atoms with Crippen LogP contribution in [0.3, 0.4) is 0 Å². The lowest BCUT2D eigenvalue weighted by molar-refractivity contribution is -0.123. The zero-order valence-corrected chi connectivity index (χ0v) is 16.6. The number of carbonyl (C=O) groups is 1. The Bertz CT molecular complexity index is 777. The molecule has 0 saturated carbocycles. The first-order chi connectivity index (χ1) is 12.1. The highest BCUT2D eigenvalue weighted by molar-refractivity contribution is 9.11. The summed E-state index contributed by atoms with van der Waals surface area (Å²) in [7, 11) is 1.53. The molecule has 0 spiro atoms. The molecule has 0 bridgehead atoms. The van der Waals surface area contributed by atoms with Gasteiger partial charge in [0.05, 0.1) is 11.6 Å². The Morgan fingerprint density at radius 1 is 1.24 bits per heavy atom. The number of rotatable bonds is 7. The number of amides is 1. The molecule has 0 radical (unpaired) electrons. The van der Waals surface area contributed by atoms with Crippen LogP contribution in [0.4, 0.5) is 0 Å². The number of halogens is 2. The van der Waals surface area contributed by atoms with Gasteiger partial charge in [-0.2, -0.15) is 5.10 Å². The van der Waals surface area contributed by atoms with Gasteiger partial charge in [-0.25, -0.2) is 5.43 Å². The molecule has 0 aliphatic heterocycles. The summed E-state index contributed by atoms with van der Waals surface area (Å²) in [5.41, 5.74) is 3.45. The molecule has 0 unspecified atom stereocenters. The first kappa shape index (κ1) is 19.2. The minimum Gasteiger partial charge on any atom is -0.493 e. The van der Waals surface area contributed by atoms with Gasteiger partial charge in [0, 0.05) is 10.7 Å². The van der Waals surface area contributed by atoms with E-state index in [0.717, 1.165) is 10.0 Å². The lowest BCUT2D eigenvalue weighted by Crippen LogP contribution is -2.24. The Balaban J connectivity index is 1.83. The van der Waals surface area contributed by atoms with Crippen molar-refractivity contribution in [2.45, 2.75) is 0 Å². The summed E-state index contributed by atoms with van der Waals surface area (Å²) < 4.78 is 12.3. The number of nitrogens with one attached hydrogen (secondary N) is 1. The van der Waals surface area contributed by atoms with Gasteiger partial charge in [0.15, 0.2) is 18.1 Å². The number of hydrogen-bond acceptors (Lipinski definition) is 4. The van der Waals surface area contributed by atoms with Gasteiger partial charge in [0.25, 0.3) is 5.91 Å². The highest BCUT2D eigenvalue weighted by atomic mass is 79.9. The molecule has 1 N–H and O–H groups in total. The summed E-state index contributed by atoms with van der Waals surface area (Å²) >= 11 is 6.74. The molecule has 2 aromatic rings. The van der Waals surface area contributed by atoms with Crippen LogP contribution in [0.25, 0.3) is 6.08 Å². The van der Waals surface area contributed by atoms with Crippen molar-refractivity contribution >= 4 is 50.1 Å². The van der Waals surface area contributed by atoms with E-state index in [0.29, 0.717) is 16.0 Å². The number of hydrogen-bond donors (Lipinski definition) is 1. The molecule has 1 amide bonds. The van der Waals surface area contributed by atoms with Crippen molar-refractivity contribution in [1.29, 1.82) is 0 Å². The average Bonchev–Trinajstić information content (AvgIpc) is 2.61. The topological polar surface area (TPSA) is 59.9 Å². The number of carbonyl (C=O) groups excluding carboxylic acids is 1. The Morgan fingerprint density at radius 2 is 2.00 bits per heavy atom. The van der Waals surface area contributed by atoms with Crippen LogP contribution in [0.5, 0.6) is 11.5 Å². The normalized spacial score (nSPS) is 11.0. The molecule has 130 valence electrons. The van der Waals surface area contributed by atoms with E-state index in [4.69, 9.17) is 9.47 Å². The second-order valence-corrected chi connectivity index (χ2v) is 6.56. The van der Waals surface area contributed by atoms with Crippen molar-refractivity contribution in [2.75, 3.05) is 13.7 Å². The molecule has 0 aliphatic rings. The highest BCUT2D eigenvalue weighted by Crippen LogP contribution is 2.38. The van der Waals surface area contributed by atoms with Crippen LogP contribution in [0, 0.1) is 0 Å². The Labute approximate surface area is 163 Å². The third-order valence-electron chi connectivity index (χ3n) is 2.98. The number of allylic oxidation sites excluding steroid dienone is 1. The molecule has 5 nitrogen and oxygen atoms in total. The van der Waals surface area contributed by atoms with Gasteiger partial charge in [-0.1, -0.05) is 52.3 Å². The van der Waals surface area contributed by atoms with Gasteiger partial charge in [-0.15, -0.1) is 0 Å². The van der Waals surface area contributed by atoms with E-state index in [-0.39, 0.29) is 12.5 Å². The van der Waals surface area contributed by atoms with Crippen molar-refractivity contribution in [3.63, 3.8) is 0 Å². The Hall–Kier alpha value is -2.12. The maximum atomic E-state index is 11.8. The van der Waals surface area contributed by atoms with E-state index < -0.39 is 0 Å². The zero-order chi connectivity index (χ0) is 18.1. The minimum absolute atomic E-state index is 0.184. The van der Waals surface area contributed by atoms with Crippen molar-refractivity contribution in [3.8, 4) is 11.5 Å². The Kier molecular flexibility index (Phi) is 7.69. The number of ether oxygens (including phenoxy) is 2. The first-order valence-electron chi connectivity index (χ1n) is 7.29. The maximum Gasteiger partial charge on any atom is 0.277 e. The standard InChI is InChI=1S/C18H16Br2N2O3/c1-24-16-11-14(19)10-15(20)18(16)25-12-17(23)22-21-9-5-8-13-6-3-2-4-7-13/h2-11H,12H2,1H3,(H,22,23)/b8-5+,21-9+. The lowest BCUT2D eigenvalue weighted by atomic mass is 10.2. The minimum atomic E-state index is -0.374. The number of benzene rings is 2. The van der Waals surface area contributed by atoms with Crippen LogP contribution in [-0.4, -0.2) is 25.8 Å². The molecule has 2 rings (SSSR count). The second-order valence-electron chi connectivity index (χ2n) is 4.79. The molecule has 0 fully saturated rings. The van der Waals surface area contributed by atoms with Crippen LogP contribution in [0.15, 0.2) is 62.6 Å². The van der Waals surface area contributed by atoms with E-state index in [1.807, 2.05) is 42.5 Å². The fraction of sp³-hybridized carbons (Fsp3) is 0.111. The van der Waals surface area contributed by atoms with E-state index in [1.54, 1.807) is 12.1 Å². The Morgan fingerprint density at radius 3 is 2.72 bits per heavy atom. The zero-order valence-electron chi connectivity index (χ0n) is 13.4. The van der Waals surface area contributed by atoms with E-state index in [2.05, 4.69) is 42.4 Å². The van der Waals surface area contributed by atoms with Gasteiger partial charge in [0.1, 0.15) is 0 Å². The quantitative estimate of drug-likeness (QED) is 0.484. The van der Waals surface area contributed by atoms with Crippen LogP contribution < -0.4 is 14.9 Å². The van der Waals surface area contributed by atoms with Crippen LogP contribution in [0.1, 0.15) is 5.56 Å². The second kappa shape index (κ2) is 10.0. The fourth-order valence-electron chi connectivity index (χ4n) is 1.87. The molecule has 0 saturated heterocycles. The molecule has 2 aromatic carbocycles. The molecule has 0 aliphatic carbocycles. The highest BCUT2D eigenvalue weighted by Gasteiger charge is 2.12. The number of methoxy groups -OCH3 is 1. The number of hydrazone groups is 1. The van der Waals surface area contributed by atoms with Crippen LogP contribution >= 0.6 is 31.9 Å². The molecular weight excluding hydrogens is 452 g/mol. The largest absolute Gasteiger partial charge is 0.493 e. The van der Waals surface area contributed by atoms with Crippen molar-refractivity contribution < 1.29 is 14.3 Å². The predicted molar refractivity (Wildman–Crippen MR) is 106 cm³/mol. The smallest absolute Gasteiger partial charge is 0.277 e. The number of nitrogens with zero attached hydrogens (tertiary/aromatic N) is 1. The van der Waals surface area contributed by atoms with Crippen molar-refractivity contribution in [1.82, 2.24) is 5.43 Å². The monoisotopic (exact) mass is 466 g/mol. The average molecular weight is 468 g/mol. The maximum absolute atomic E-state index is 11.8. The van der Waals surface area contributed by atoms with Crippen molar-refractivity contribution in [3.05, 3.63) is 63.0 Å². The van der Waals surface area contributed by atoms with Gasteiger partial charge in [-0.05, 0) is 39.7 Å². The predicted octanol–water partition coefficient (Wildman–Crippen LogP) is 4.41. The van der Waals surface area contributed by atoms with E-state index in [1.165, 1.54) is 13.3 Å². The van der Waals surface area contributed by atoms with Crippen molar-refractivity contribution in [2.24, 2.45) is 5.10 Å². The summed E-state index contributed by atoms with van der Waals surface area (Å²) in [4.78, 5) is 11.8. The summed E-state index contributed by atoms with van der Waals surface area (Å²) in [6.07, 6.45) is 5.13. The van der Waals surface area contributed by atoms with Gasteiger partial charge < -0.3 is 9.47 Å². The lowest BCUT2D eigenvalue weighted by Gasteiger charge is -2.12. The molecule has 7 heteroatoms. The summed E-state index contributed by atoms with van der Waals surface area (Å²) in [6.45, 7) is -0.184. The molecule has 0 aromatic heterocycles. The molecular formula is C18H16Br2N2O3. The molecule has 0 atom stereocenters. The van der Waals surface area contributed by atoms with Gasteiger partial charge in [-0.3, -0.25) is 4.79 Å². The first-order valence-corrected chi connectivity index (χ1v) is 8.88. The summed E-state index contributed by atoms with van der Waals surface area (Å²) in [5.74, 6) is 0.596. The van der Waals surface area contributed by atoms with Crippen LogP contribution in [-0.2, 0) is 4.79 Å². The molecule has 25 heavy (non-hydrogen) atoms. The summed E-state index contributed by atoms with van der Waals surface area (Å²) in [5, 5.41) is 3.84. The third-order valence-corrected chi connectivity index (χ3v) is 4.03. The summed E-state index contributed by atoms with van der Waals surface area (Å²) in [6, 6.07) is 13.4. The SMILES string of the molecule is COc1cc(Br)cc(Br)c1OCC(=O)N/N=C/C=C/c1ccccc1. The van der Waals surface area contributed by atoms with Gasteiger partial charge in [0.2, 0.25) is 0 Å². The molecule has 0 heterocycles. The van der Waals surface area contributed by atoms with E-state index in [9.17, 15) is 4.79 Å². The fourth-order valence-corrected chi connectivity index (χ4v) is 3.17.